The molecule has 32 heavy (non-hydrogen) atoms. The first-order chi connectivity index (χ1) is 15.0. The molecule has 168 valence electrons. The van der Waals surface area contributed by atoms with Crippen molar-refractivity contribution in [3.05, 3.63) is 69.6 Å². The van der Waals surface area contributed by atoms with Crippen molar-refractivity contribution in [1.29, 1.82) is 0 Å². The Morgan fingerprint density at radius 2 is 1.88 bits per heavy atom. The number of carbonyl (C=O) groups is 2. The number of hydrogen-bond donors (Lipinski definition) is 1. The molecule has 2 aromatic rings. The number of Topliss-reactive ketones (excluding diaryl/α,β-unsaturated/α-hetero) is 1. The average Bonchev–Trinajstić information content (AvgIpc) is 3.32. The lowest BCUT2D eigenvalue weighted by Gasteiger charge is -2.32. The molecule has 4 rings (SSSR count). The maximum absolute atomic E-state index is 13.3. The third-order valence-electron chi connectivity index (χ3n) is 6.40. The molecule has 0 saturated heterocycles. The molecule has 2 aliphatic carbocycles. The highest BCUT2D eigenvalue weighted by atomic mass is 32.2. The molecular weight excluding hydrogens is 444 g/mol. The van der Waals surface area contributed by atoms with Crippen LogP contribution in [0.3, 0.4) is 0 Å². The third kappa shape index (κ3) is 3.99. The summed E-state index contributed by atoms with van der Waals surface area (Å²) in [6.07, 6.45) is 1.29. The number of hydrogen-bond acceptors (Lipinski definition) is 5. The number of aliphatic carboxylic acids is 1. The standard InChI is InChI=1S/C25H26O5S2/c1-15-17(12-22(27)28)19-13-25(2,3)14-20(26)24(19)18(15)11-16-7-4-5-8-21(16)32(29,30)23-9-6-10-31-23/h4-10,17H,11-14H2,1-3H3,(H,27,28). The summed E-state index contributed by atoms with van der Waals surface area (Å²) in [5.74, 6) is -1.20. The van der Waals surface area contributed by atoms with Crippen LogP contribution in [-0.4, -0.2) is 25.3 Å². The van der Waals surface area contributed by atoms with Gasteiger partial charge in [0.15, 0.2) is 5.78 Å². The maximum atomic E-state index is 13.3. The summed E-state index contributed by atoms with van der Waals surface area (Å²) >= 11 is 1.17. The Hall–Kier alpha value is -2.51. The molecule has 1 unspecified atom stereocenters. The third-order valence-corrected chi connectivity index (χ3v) is 9.65. The number of carboxylic acid groups (broad SMARTS) is 1. The Morgan fingerprint density at radius 3 is 2.53 bits per heavy atom. The highest BCUT2D eigenvalue weighted by Gasteiger charge is 2.42. The van der Waals surface area contributed by atoms with Gasteiger partial charge in [-0.2, -0.15) is 0 Å². The SMILES string of the molecule is CC1=C(Cc2ccccc2S(=O)(=O)c2cccs2)C2=C(CC(C)(C)CC2=O)C1CC(=O)O. The summed E-state index contributed by atoms with van der Waals surface area (Å²) in [4.78, 5) is 25.0. The molecule has 0 aliphatic heterocycles. The van der Waals surface area contributed by atoms with Gasteiger partial charge in [-0.15, -0.1) is 11.3 Å². The molecule has 1 aromatic heterocycles. The van der Waals surface area contributed by atoms with E-state index >= 15 is 0 Å². The van der Waals surface area contributed by atoms with Gasteiger partial charge in [0.1, 0.15) is 4.21 Å². The fourth-order valence-corrected chi connectivity index (χ4v) is 7.61. The van der Waals surface area contributed by atoms with Crippen molar-refractivity contribution >= 4 is 32.9 Å². The van der Waals surface area contributed by atoms with E-state index in [4.69, 9.17) is 0 Å². The van der Waals surface area contributed by atoms with E-state index in [1.807, 2.05) is 20.8 Å². The van der Waals surface area contributed by atoms with Gasteiger partial charge in [-0.3, -0.25) is 9.59 Å². The van der Waals surface area contributed by atoms with E-state index in [1.54, 1.807) is 41.8 Å². The number of rotatable bonds is 6. The van der Waals surface area contributed by atoms with Gasteiger partial charge in [0, 0.05) is 17.9 Å². The first-order valence-electron chi connectivity index (χ1n) is 10.6. The van der Waals surface area contributed by atoms with E-state index in [2.05, 4.69) is 0 Å². The van der Waals surface area contributed by atoms with Crippen molar-refractivity contribution in [2.24, 2.45) is 11.3 Å². The zero-order valence-corrected chi connectivity index (χ0v) is 20.0. The quantitative estimate of drug-likeness (QED) is 0.624. The lowest BCUT2D eigenvalue weighted by molar-refractivity contribution is -0.137. The Morgan fingerprint density at radius 1 is 1.16 bits per heavy atom. The fourth-order valence-electron chi connectivity index (χ4n) is 5.00. The molecule has 0 spiro atoms. The van der Waals surface area contributed by atoms with Gasteiger partial charge in [0.05, 0.1) is 11.3 Å². The van der Waals surface area contributed by atoms with Crippen molar-refractivity contribution in [3.63, 3.8) is 0 Å². The first kappa shape index (κ1) is 22.7. The monoisotopic (exact) mass is 470 g/mol. The highest BCUT2D eigenvalue weighted by molar-refractivity contribution is 7.93. The molecular formula is C25H26O5S2. The summed E-state index contributed by atoms with van der Waals surface area (Å²) in [7, 11) is -3.68. The Kier molecular flexibility index (Phi) is 5.75. The van der Waals surface area contributed by atoms with E-state index in [1.165, 1.54) is 11.3 Å². The minimum Gasteiger partial charge on any atom is -0.481 e. The van der Waals surface area contributed by atoms with E-state index < -0.39 is 15.8 Å². The minimum atomic E-state index is -3.68. The molecule has 1 atom stereocenters. The number of benzene rings is 1. The molecule has 0 bridgehead atoms. The topological polar surface area (TPSA) is 88.5 Å². The van der Waals surface area contributed by atoms with E-state index in [-0.39, 0.29) is 39.1 Å². The van der Waals surface area contributed by atoms with Gasteiger partial charge in [-0.05, 0) is 53.8 Å². The molecule has 1 aromatic carbocycles. The molecule has 1 N–H and O–H groups in total. The Labute approximate surface area is 192 Å². The Bertz CT molecular complexity index is 1260. The van der Waals surface area contributed by atoms with Crippen molar-refractivity contribution in [1.82, 2.24) is 0 Å². The van der Waals surface area contributed by atoms with Gasteiger partial charge in [0.25, 0.3) is 0 Å². The molecule has 0 amide bonds. The van der Waals surface area contributed by atoms with Crippen molar-refractivity contribution in [2.75, 3.05) is 0 Å². The zero-order valence-electron chi connectivity index (χ0n) is 18.3. The second-order valence-corrected chi connectivity index (χ2v) is 12.5. The lowest BCUT2D eigenvalue weighted by atomic mass is 9.71. The number of carbonyl (C=O) groups excluding carboxylic acids is 1. The van der Waals surface area contributed by atoms with Crippen molar-refractivity contribution in [3.8, 4) is 0 Å². The second kappa shape index (κ2) is 8.12. The summed E-state index contributed by atoms with van der Waals surface area (Å²) in [6, 6.07) is 10.2. The van der Waals surface area contributed by atoms with E-state index in [9.17, 15) is 23.1 Å². The number of ketones is 1. The second-order valence-electron chi connectivity index (χ2n) is 9.37. The Balaban J connectivity index is 1.81. The largest absolute Gasteiger partial charge is 0.481 e. The van der Waals surface area contributed by atoms with Gasteiger partial charge in [-0.25, -0.2) is 8.42 Å². The van der Waals surface area contributed by atoms with Crippen molar-refractivity contribution in [2.45, 2.75) is 55.6 Å². The number of carboxylic acids is 1. The van der Waals surface area contributed by atoms with E-state index in [0.717, 1.165) is 16.7 Å². The molecule has 5 nitrogen and oxygen atoms in total. The fraction of sp³-hybridized carbons (Fsp3) is 0.360. The predicted octanol–water partition coefficient (Wildman–Crippen LogP) is 5.23. The molecule has 0 radical (unpaired) electrons. The summed E-state index contributed by atoms with van der Waals surface area (Å²) in [5, 5.41) is 11.2. The van der Waals surface area contributed by atoms with Gasteiger partial charge < -0.3 is 5.11 Å². The zero-order chi connectivity index (χ0) is 23.3. The van der Waals surface area contributed by atoms with Gasteiger partial charge in [0.2, 0.25) is 9.84 Å². The predicted molar refractivity (Wildman–Crippen MR) is 123 cm³/mol. The number of thiophene rings is 1. The van der Waals surface area contributed by atoms with Crippen LogP contribution in [0.15, 0.2) is 73.2 Å². The lowest BCUT2D eigenvalue weighted by Crippen LogP contribution is -2.27. The molecule has 1 heterocycles. The normalized spacial score (nSPS) is 20.6. The summed E-state index contributed by atoms with van der Waals surface area (Å²) in [6.45, 7) is 5.95. The van der Waals surface area contributed by atoms with Crippen LogP contribution in [0.1, 0.15) is 45.6 Å². The first-order valence-corrected chi connectivity index (χ1v) is 12.9. The van der Waals surface area contributed by atoms with Crippen LogP contribution in [0.5, 0.6) is 0 Å². The molecule has 0 fully saturated rings. The van der Waals surface area contributed by atoms with Crippen molar-refractivity contribution < 1.29 is 23.1 Å². The van der Waals surface area contributed by atoms with Crippen LogP contribution in [0.2, 0.25) is 0 Å². The van der Waals surface area contributed by atoms with Gasteiger partial charge >= 0.3 is 5.97 Å². The maximum Gasteiger partial charge on any atom is 0.304 e. The van der Waals surface area contributed by atoms with E-state index in [0.29, 0.717) is 24.0 Å². The highest BCUT2D eigenvalue weighted by Crippen LogP contribution is 2.50. The van der Waals surface area contributed by atoms with Crippen LogP contribution >= 0.6 is 11.3 Å². The average molecular weight is 471 g/mol. The number of sulfone groups is 1. The summed E-state index contributed by atoms with van der Waals surface area (Å²) < 4.78 is 26.8. The molecule has 2 aliphatic rings. The van der Waals surface area contributed by atoms with Crippen LogP contribution in [0.4, 0.5) is 0 Å². The minimum absolute atomic E-state index is 0.0251. The molecule has 0 saturated carbocycles. The molecule has 7 heteroatoms. The van der Waals surface area contributed by atoms with Crippen LogP contribution in [-0.2, 0) is 25.8 Å². The van der Waals surface area contributed by atoms with Crippen LogP contribution < -0.4 is 0 Å². The van der Waals surface area contributed by atoms with Crippen LogP contribution in [0, 0.1) is 11.3 Å². The van der Waals surface area contributed by atoms with Crippen LogP contribution in [0.25, 0.3) is 0 Å². The smallest absolute Gasteiger partial charge is 0.304 e. The number of allylic oxidation sites excluding steroid dienone is 4. The van der Waals surface area contributed by atoms with Gasteiger partial charge in [-0.1, -0.05) is 49.3 Å². The summed E-state index contributed by atoms with van der Waals surface area (Å²) in [5.41, 5.74) is 3.60.